The molecule has 5 heteroatoms. The molecule has 0 atom stereocenters. The quantitative estimate of drug-likeness (QED) is 0.690. The van der Waals surface area contributed by atoms with E-state index in [1.807, 2.05) is 46.2 Å². The molecule has 1 fully saturated rings. The van der Waals surface area contributed by atoms with Gasteiger partial charge in [-0.1, -0.05) is 60.7 Å². The lowest BCUT2D eigenvalue weighted by Crippen LogP contribution is -2.57. The van der Waals surface area contributed by atoms with Crippen LogP contribution in [0, 0.1) is 0 Å². The van der Waals surface area contributed by atoms with Gasteiger partial charge in [-0.2, -0.15) is 0 Å². The SMILES string of the molecule is O=C1N(Cc2ccccc2)CN(CCCCCO)CN1Cc1ccccc1. The molecular formula is C22H29N3O2. The monoisotopic (exact) mass is 367 g/mol. The number of rotatable bonds is 9. The van der Waals surface area contributed by atoms with Crippen LogP contribution in [0.2, 0.25) is 0 Å². The van der Waals surface area contributed by atoms with E-state index in [-0.39, 0.29) is 12.6 Å². The molecule has 2 amide bonds. The van der Waals surface area contributed by atoms with E-state index in [4.69, 9.17) is 5.11 Å². The lowest BCUT2D eigenvalue weighted by molar-refractivity contribution is 0.0257. The van der Waals surface area contributed by atoms with Gasteiger partial charge in [-0.15, -0.1) is 0 Å². The number of carbonyl (C=O) groups excluding carboxylic acids is 1. The fourth-order valence-electron chi connectivity index (χ4n) is 3.46. The van der Waals surface area contributed by atoms with Gasteiger partial charge in [0.1, 0.15) is 0 Å². The minimum atomic E-state index is 0.0920. The summed E-state index contributed by atoms with van der Waals surface area (Å²) >= 11 is 0. The normalized spacial score (nSPS) is 15.4. The lowest BCUT2D eigenvalue weighted by atomic mass is 10.2. The topological polar surface area (TPSA) is 47.0 Å². The first-order valence-corrected chi connectivity index (χ1v) is 9.71. The Balaban J connectivity index is 1.68. The lowest BCUT2D eigenvalue weighted by Gasteiger charge is -2.42. The van der Waals surface area contributed by atoms with Crippen LogP contribution in [0.4, 0.5) is 4.79 Å². The molecule has 0 bridgehead atoms. The van der Waals surface area contributed by atoms with E-state index in [0.29, 0.717) is 26.4 Å². The molecule has 0 radical (unpaired) electrons. The van der Waals surface area contributed by atoms with Gasteiger partial charge in [0.05, 0.1) is 13.3 Å². The van der Waals surface area contributed by atoms with Crippen molar-refractivity contribution in [3.8, 4) is 0 Å². The van der Waals surface area contributed by atoms with Crippen molar-refractivity contribution in [2.75, 3.05) is 26.5 Å². The molecule has 144 valence electrons. The van der Waals surface area contributed by atoms with E-state index >= 15 is 0 Å². The van der Waals surface area contributed by atoms with Crippen molar-refractivity contribution in [1.82, 2.24) is 14.7 Å². The van der Waals surface area contributed by atoms with Crippen LogP contribution in [0.5, 0.6) is 0 Å². The summed E-state index contributed by atoms with van der Waals surface area (Å²) in [5, 5.41) is 8.98. The number of carbonyl (C=O) groups is 1. The standard InChI is InChI=1S/C22H29N3O2/c26-15-9-3-8-14-23-18-24(16-20-10-4-1-5-11-20)22(27)25(19-23)17-21-12-6-2-7-13-21/h1-2,4-7,10-13,26H,3,8-9,14-19H2. The molecule has 1 aliphatic rings. The molecule has 0 unspecified atom stereocenters. The van der Waals surface area contributed by atoms with E-state index in [1.165, 1.54) is 0 Å². The maximum atomic E-state index is 13.0. The van der Waals surface area contributed by atoms with Gasteiger partial charge < -0.3 is 14.9 Å². The van der Waals surface area contributed by atoms with Gasteiger partial charge in [0.2, 0.25) is 0 Å². The third-order valence-corrected chi connectivity index (χ3v) is 4.85. The number of nitrogens with zero attached hydrogens (tertiary/aromatic N) is 3. The average Bonchev–Trinajstić information content (AvgIpc) is 2.70. The van der Waals surface area contributed by atoms with E-state index in [2.05, 4.69) is 29.2 Å². The first-order valence-electron chi connectivity index (χ1n) is 9.71. The smallest absolute Gasteiger partial charge is 0.322 e. The molecule has 2 aromatic rings. The van der Waals surface area contributed by atoms with E-state index < -0.39 is 0 Å². The zero-order chi connectivity index (χ0) is 18.9. The molecule has 5 nitrogen and oxygen atoms in total. The van der Waals surface area contributed by atoms with Crippen LogP contribution in [0.3, 0.4) is 0 Å². The number of hydrogen-bond acceptors (Lipinski definition) is 3. The highest BCUT2D eigenvalue weighted by molar-refractivity contribution is 5.75. The minimum absolute atomic E-state index is 0.0920. The van der Waals surface area contributed by atoms with Crippen LogP contribution in [0.15, 0.2) is 60.7 Å². The second-order valence-electron chi connectivity index (χ2n) is 7.11. The predicted octanol–water partition coefficient (Wildman–Crippen LogP) is 3.50. The highest BCUT2D eigenvalue weighted by atomic mass is 16.3. The Morgan fingerprint density at radius 3 is 1.74 bits per heavy atom. The number of amides is 2. The summed E-state index contributed by atoms with van der Waals surface area (Å²) in [4.78, 5) is 19.2. The second kappa shape index (κ2) is 10.1. The minimum Gasteiger partial charge on any atom is -0.396 e. The zero-order valence-corrected chi connectivity index (χ0v) is 15.8. The van der Waals surface area contributed by atoms with Crippen molar-refractivity contribution in [2.45, 2.75) is 32.4 Å². The van der Waals surface area contributed by atoms with Gasteiger partial charge >= 0.3 is 6.03 Å². The van der Waals surface area contributed by atoms with Crippen LogP contribution in [0.25, 0.3) is 0 Å². The van der Waals surface area contributed by atoms with Crippen molar-refractivity contribution in [1.29, 1.82) is 0 Å². The summed E-state index contributed by atoms with van der Waals surface area (Å²) in [6.45, 7) is 3.73. The summed E-state index contributed by atoms with van der Waals surface area (Å²) in [5.41, 5.74) is 2.29. The fraction of sp³-hybridized carbons (Fsp3) is 0.409. The average molecular weight is 367 g/mol. The third-order valence-electron chi connectivity index (χ3n) is 4.85. The Morgan fingerprint density at radius 1 is 0.741 bits per heavy atom. The zero-order valence-electron chi connectivity index (χ0n) is 15.8. The van der Waals surface area contributed by atoms with Gasteiger partial charge in [-0.05, 0) is 30.4 Å². The first kappa shape index (κ1) is 19.4. The van der Waals surface area contributed by atoms with Crippen LogP contribution in [-0.4, -0.2) is 52.3 Å². The van der Waals surface area contributed by atoms with Gasteiger partial charge in [0.15, 0.2) is 0 Å². The summed E-state index contributed by atoms with van der Waals surface area (Å²) in [6.07, 6.45) is 2.89. The number of benzene rings is 2. The molecule has 27 heavy (non-hydrogen) atoms. The number of aliphatic hydroxyl groups excluding tert-OH is 1. The number of urea groups is 1. The molecule has 1 aliphatic heterocycles. The Kier molecular flexibility index (Phi) is 7.25. The van der Waals surface area contributed by atoms with Crippen LogP contribution in [0.1, 0.15) is 30.4 Å². The van der Waals surface area contributed by atoms with Crippen molar-refractivity contribution < 1.29 is 9.90 Å². The van der Waals surface area contributed by atoms with Crippen molar-refractivity contribution >= 4 is 6.03 Å². The highest BCUT2D eigenvalue weighted by Crippen LogP contribution is 2.17. The predicted molar refractivity (Wildman–Crippen MR) is 107 cm³/mol. The summed E-state index contributed by atoms with van der Waals surface area (Å²) in [6, 6.07) is 20.4. The van der Waals surface area contributed by atoms with Gasteiger partial charge in [0.25, 0.3) is 0 Å². The van der Waals surface area contributed by atoms with E-state index in [9.17, 15) is 4.79 Å². The summed E-state index contributed by atoms with van der Waals surface area (Å²) in [7, 11) is 0. The fourth-order valence-corrected chi connectivity index (χ4v) is 3.46. The molecule has 0 saturated carbocycles. The van der Waals surface area contributed by atoms with Crippen LogP contribution < -0.4 is 0 Å². The summed E-state index contributed by atoms with van der Waals surface area (Å²) < 4.78 is 0. The molecule has 0 aliphatic carbocycles. The Labute approximate surface area is 161 Å². The Bertz CT molecular complexity index is 640. The maximum absolute atomic E-state index is 13.0. The largest absolute Gasteiger partial charge is 0.396 e. The third kappa shape index (κ3) is 5.81. The molecule has 2 aromatic carbocycles. The Hall–Kier alpha value is -2.37. The van der Waals surface area contributed by atoms with E-state index in [1.54, 1.807) is 0 Å². The molecule has 1 heterocycles. The molecule has 0 spiro atoms. The van der Waals surface area contributed by atoms with Crippen LogP contribution >= 0.6 is 0 Å². The Morgan fingerprint density at radius 2 is 1.26 bits per heavy atom. The van der Waals surface area contributed by atoms with Crippen molar-refractivity contribution in [2.24, 2.45) is 0 Å². The summed E-state index contributed by atoms with van der Waals surface area (Å²) in [5.74, 6) is 0. The van der Waals surface area contributed by atoms with Gasteiger partial charge in [0, 0.05) is 26.2 Å². The number of aliphatic hydroxyl groups is 1. The van der Waals surface area contributed by atoms with Crippen molar-refractivity contribution in [3.05, 3.63) is 71.8 Å². The molecule has 0 aromatic heterocycles. The first-order chi connectivity index (χ1) is 13.3. The molecule has 1 saturated heterocycles. The number of hydrogen-bond donors (Lipinski definition) is 1. The molecule has 1 N–H and O–H groups in total. The van der Waals surface area contributed by atoms with Gasteiger partial charge in [-0.25, -0.2) is 4.79 Å². The maximum Gasteiger partial charge on any atom is 0.322 e. The van der Waals surface area contributed by atoms with Gasteiger partial charge in [-0.3, -0.25) is 4.90 Å². The van der Waals surface area contributed by atoms with Crippen molar-refractivity contribution in [3.63, 3.8) is 0 Å². The molecular weight excluding hydrogens is 338 g/mol. The highest BCUT2D eigenvalue weighted by Gasteiger charge is 2.29. The molecule has 3 rings (SSSR count). The second-order valence-corrected chi connectivity index (χ2v) is 7.11. The van der Waals surface area contributed by atoms with E-state index in [0.717, 1.165) is 36.9 Å². The number of unbranched alkanes of at least 4 members (excludes halogenated alkanes) is 2. The van der Waals surface area contributed by atoms with Crippen LogP contribution in [-0.2, 0) is 13.1 Å².